The molecule has 1 atom stereocenters. The second-order valence-corrected chi connectivity index (χ2v) is 7.63. The quantitative estimate of drug-likeness (QED) is 0.861. The third kappa shape index (κ3) is 2.48. The molecule has 1 saturated carbocycles. The van der Waals surface area contributed by atoms with Gasteiger partial charge in [0.05, 0.1) is 5.69 Å². The van der Waals surface area contributed by atoms with Gasteiger partial charge in [-0.3, -0.25) is 9.59 Å². The number of amides is 2. The van der Waals surface area contributed by atoms with Gasteiger partial charge in [0, 0.05) is 43.3 Å². The summed E-state index contributed by atoms with van der Waals surface area (Å²) in [6.45, 7) is 2.37. The molecule has 3 aliphatic rings. The van der Waals surface area contributed by atoms with E-state index in [0.29, 0.717) is 18.2 Å². The van der Waals surface area contributed by atoms with Crippen LogP contribution in [0.25, 0.3) is 0 Å². The molecule has 1 spiro atoms. The van der Waals surface area contributed by atoms with Crippen LogP contribution in [0, 0.1) is 11.3 Å². The van der Waals surface area contributed by atoms with E-state index < -0.39 is 0 Å². The van der Waals surface area contributed by atoms with Crippen molar-refractivity contribution in [1.29, 1.82) is 0 Å². The van der Waals surface area contributed by atoms with E-state index in [1.165, 1.54) is 12.8 Å². The Labute approximate surface area is 128 Å². The monoisotopic (exact) mass is 304 g/mol. The highest BCUT2D eigenvalue weighted by Gasteiger charge is 2.49. The molecule has 21 heavy (non-hydrogen) atoms. The van der Waals surface area contributed by atoms with E-state index in [4.69, 9.17) is 0 Å². The zero-order valence-electron chi connectivity index (χ0n) is 12.1. The summed E-state index contributed by atoms with van der Waals surface area (Å²) in [4.78, 5) is 28.5. The maximum absolute atomic E-state index is 12.3. The molecule has 4 nitrogen and oxygen atoms in total. The van der Waals surface area contributed by atoms with Crippen molar-refractivity contribution in [3.8, 4) is 0 Å². The number of hydrogen-bond donors (Lipinski definition) is 0. The van der Waals surface area contributed by atoms with E-state index in [2.05, 4.69) is 0 Å². The molecule has 3 heterocycles. The van der Waals surface area contributed by atoms with Gasteiger partial charge in [-0.1, -0.05) is 0 Å². The number of nitrogens with zero attached hydrogens (tertiary/aromatic N) is 2. The highest BCUT2D eigenvalue weighted by Crippen LogP contribution is 2.43. The predicted octanol–water partition coefficient (Wildman–Crippen LogP) is 2.50. The van der Waals surface area contributed by atoms with E-state index in [0.717, 1.165) is 38.2 Å². The molecular formula is C16H20N2O2S. The third-order valence-corrected chi connectivity index (χ3v) is 5.76. The van der Waals surface area contributed by atoms with Crippen LogP contribution in [0.15, 0.2) is 16.8 Å². The Hall–Kier alpha value is -1.36. The van der Waals surface area contributed by atoms with Gasteiger partial charge in [-0.05, 0) is 36.6 Å². The lowest BCUT2D eigenvalue weighted by atomic mass is 9.86. The average Bonchev–Trinajstić information content (AvgIpc) is 2.92. The lowest BCUT2D eigenvalue weighted by Gasteiger charge is -2.24. The Morgan fingerprint density at radius 3 is 2.95 bits per heavy atom. The summed E-state index contributed by atoms with van der Waals surface area (Å²) < 4.78 is 0. The molecule has 112 valence electrons. The molecule has 2 aliphatic heterocycles. The van der Waals surface area contributed by atoms with E-state index in [1.54, 1.807) is 11.3 Å². The first-order valence-corrected chi connectivity index (χ1v) is 8.70. The number of carbonyl (C=O) groups is 2. The van der Waals surface area contributed by atoms with Crippen LogP contribution < -0.4 is 4.90 Å². The number of anilines is 1. The number of carbonyl (C=O) groups excluding carboxylic acids is 2. The van der Waals surface area contributed by atoms with Gasteiger partial charge < -0.3 is 9.80 Å². The molecule has 0 bridgehead atoms. The second kappa shape index (κ2) is 4.83. The highest BCUT2D eigenvalue weighted by molar-refractivity contribution is 7.08. The summed E-state index contributed by atoms with van der Waals surface area (Å²) in [6.07, 6.45) is 4.72. The normalized spacial score (nSPS) is 28.9. The lowest BCUT2D eigenvalue weighted by molar-refractivity contribution is -0.131. The van der Waals surface area contributed by atoms with Crippen LogP contribution >= 0.6 is 11.3 Å². The molecular weight excluding hydrogens is 284 g/mol. The Bertz CT molecular complexity index is 567. The molecule has 0 radical (unpaired) electrons. The van der Waals surface area contributed by atoms with Gasteiger partial charge in [-0.15, -0.1) is 0 Å². The molecule has 0 aromatic carbocycles. The average molecular weight is 304 g/mol. The predicted molar refractivity (Wildman–Crippen MR) is 82.3 cm³/mol. The maximum Gasteiger partial charge on any atom is 0.227 e. The van der Waals surface area contributed by atoms with E-state index in [1.807, 2.05) is 26.6 Å². The minimum absolute atomic E-state index is 0.00176. The summed E-state index contributed by atoms with van der Waals surface area (Å²) in [5, 5.41) is 4.04. The number of likely N-dealkylation sites (tertiary alicyclic amines) is 1. The van der Waals surface area contributed by atoms with E-state index >= 15 is 0 Å². The Balaban J connectivity index is 1.44. The highest BCUT2D eigenvalue weighted by atomic mass is 32.1. The van der Waals surface area contributed by atoms with Crippen LogP contribution in [0.1, 0.15) is 32.1 Å². The van der Waals surface area contributed by atoms with Crippen LogP contribution in [-0.2, 0) is 9.59 Å². The molecule has 2 amide bonds. The SMILES string of the molecule is O=C(CC1CC1)N1CC[C@@]2(CC(=O)N(c3ccsc3)C2)C1. The van der Waals surface area contributed by atoms with Crippen molar-refractivity contribution in [2.24, 2.45) is 11.3 Å². The van der Waals surface area contributed by atoms with Gasteiger partial charge >= 0.3 is 0 Å². The largest absolute Gasteiger partial charge is 0.342 e. The fourth-order valence-electron chi connectivity index (χ4n) is 3.66. The fourth-order valence-corrected chi connectivity index (χ4v) is 4.30. The summed E-state index contributed by atoms with van der Waals surface area (Å²) in [7, 11) is 0. The van der Waals surface area contributed by atoms with Gasteiger partial charge in [0.1, 0.15) is 0 Å². The molecule has 4 rings (SSSR count). The Morgan fingerprint density at radius 1 is 1.38 bits per heavy atom. The van der Waals surface area contributed by atoms with Crippen molar-refractivity contribution < 1.29 is 9.59 Å². The minimum Gasteiger partial charge on any atom is -0.342 e. The fraction of sp³-hybridized carbons (Fsp3) is 0.625. The maximum atomic E-state index is 12.3. The molecule has 5 heteroatoms. The van der Waals surface area contributed by atoms with E-state index in [-0.39, 0.29) is 11.3 Å². The van der Waals surface area contributed by atoms with Crippen molar-refractivity contribution in [3.05, 3.63) is 16.8 Å². The van der Waals surface area contributed by atoms with Gasteiger partial charge in [0.25, 0.3) is 0 Å². The van der Waals surface area contributed by atoms with Crippen molar-refractivity contribution >= 4 is 28.8 Å². The summed E-state index contributed by atoms with van der Waals surface area (Å²) in [5.74, 6) is 1.15. The van der Waals surface area contributed by atoms with Crippen LogP contribution in [0.3, 0.4) is 0 Å². The van der Waals surface area contributed by atoms with Crippen LogP contribution in [0.5, 0.6) is 0 Å². The van der Waals surface area contributed by atoms with Crippen molar-refractivity contribution in [2.45, 2.75) is 32.1 Å². The van der Waals surface area contributed by atoms with Gasteiger partial charge in [0.2, 0.25) is 11.8 Å². The molecule has 0 N–H and O–H groups in total. The summed E-state index contributed by atoms with van der Waals surface area (Å²) >= 11 is 1.62. The molecule has 1 aliphatic carbocycles. The van der Waals surface area contributed by atoms with Crippen LogP contribution in [0.2, 0.25) is 0 Å². The number of hydrogen-bond acceptors (Lipinski definition) is 3. The molecule has 1 aromatic heterocycles. The van der Waals surface area contributed by atoms with Crippen LogP contribution in [-0.4, -0.2) is 36.3 Å². The first-order valence-electron chi connectivity index (χ1n) is 7.76. The molecule has 3 fully saturated rings. The smallest absolute Gasteiger partial charge is 0.227 e. The number of thiophene rings is 1. The zero-order valence-corrected chi connectivity index (χ0v) is 12.9. The first kappa shape index (κ1) is 13.3. The van der Waals surface area contributed by atoms with Crippen molar-refractivity contribution in [1.82, 2.24) is 4.90 Å². The van der Waals surface area contributed by atoms with Crippen molar-refractivity contribution in [2.75, 3.05) is 24.5 Å². The standard InChI is InChI=1S/C16H20N2O2S/c19-14(7-12-1-2-12)17-5-4-16(10-17)8-15(20)18(11-16)13-3-6-21-9-13/h3,6,9,12H,1-2,4-5,7-8,10-11H2/t16-/m1/s1. The molecule has 1 aromatic rings. The summed E-state index contributed by atoms with van der Waals surface area (Å²) in [5.41, 5.74) is 1.02. The second-order valence-electron chi connectivity index (χ2n) is 6.85. The van der Waals surface area contributed by atoms with Gasteiger partial charge in [-0.2, -0.15) is 11.3 Å². The lowest BCUT2D eigenvalue weighted by Crippen LogP contribution is -2.34. The molecule has 0 unspecified atom stereocenters. The van der Waals surface area contributed by atoms with Crippen molar-refractivity contribution in [3.63, 3.8) is 0 Å². The van der Waals surface area contributed by atoms with Gasteiger partial charge in [-0.25, -0.2) is 0 Å². The summed E-state index contributed by atoms with van der Waals surface area (Å²) in [6, 6.07) is 2.01. The Morgan fingerprint density at radius 2 is 2.24 bits per heavy atom. The zero-order chi connectivity index (χ0) is 14.4. The number of rotatable bonds is 3. The van der Waals surface area contributed by atoms with E-state index in [9.17, 15) is 9.59 Å². The van der Waals surface area contributed by atoms with Crippen LogP contribution in [0.4, 0.5) is 5.69 Å². The minimum atomic E-state index is -0.00176. The third-order valence-electron chi connectivity index (χ3n) is 5.09. The van der Waals surface area contributed by atoms with Gasteiger partial charge in [0.15, 0.2) is 0 Å². The topological polar surface area (TPSA) is 40.6 Å². The molecule has 2 saturated heterocycles. The first-order chi connectivity index (χ1) is 10.2. The Kier molecular flexibility index (Phi) is 3.06.